The van der Waals surface area contributed by atoms with Crippen molar-refractivity contribution in [2.75, 3.05) is 0 Å². The average Bonchev–Trinajstić information content (AvgIpc) is 3.08. The van der Waals surface area contributed by atoms with Gasteiger partial charge in [-0.15, -0.1) is 0 Å². The molecule has 246 valence electrons. The molecule has 5 rings (SSSR count). The lowest BCUT2D eigenvalue weighted by Crippen LogP contribution is -2.46. The zero-order chi connectivity index (χ0) is 34.3. The van der Waals surface area contributed by atoms with E-state index < -0.39 is 29.6 Å². The van der Waals surface area contributed by atoms with E-state index in [1.54, 1.807) is 43.3 Å². The molecule has 0 fully saturated rings. The van der Waals surface area contributed by atoms with Gasteiger partial charge in [0.05, 0.1) is 11.6 Å². The molecular weight excluding hydrogens is 639 g/mol. The molecule has 10 heteroatoms. The number of amides is 2. The van der Waals surface area contributed by atoms with E-state index in [1.807, 2.05) is 54.6 Å². The third-order valence-corrected chi connectivity index (χ3v) is 8.03. The summed E-state index contributed by atoms with van der Waals surface area (Å²) in [6.45, 7) is 1.80. The number of imide groups is 1. The van der Waals surface area contributed by atoms with Crippen LogP contribution >= 0.6 is 11.6 Å². The van der Waals surface area contributed by atoms with Gasteiger partial charge in [-0.25, -0.2) is 0 Å². The molecule has 0 aliphatic heterocycles. The lowest BCUT2D eigenvalue weighted by Gasteiger charge is -2.20. The Hall–Kier alpha value is -4.96. The van der Waals surface area contributed by atoms with Gasteiger partial charge in [0, 0.05) is 35.3 Å². The van der Waals surface area contributed by atoms with Crippen LogP contribution in [0.5, 0.6) is 11.5 Å². The maximum absolute atomic E-state index is 13.8. The SMILES string of the molecule is CCC(NCc1ccccc1C(F)(F)F)C(=O)NC(=O)c1ccc(-c2ccccc2)cc1-c1ccc(Cl)cc1Oc1cccc(CN)c1. The van der Waals surface area contributed by atoms with Gasteiger partial charge in [0.2, 0.25) is 5.91 Å². The van der Waals surface area contributed by atoms with Crippen LogP contribution in [0.15, 0.2) is 115 Å². The highest BCUT2D eigenvalue weighted by Gasteiger charge is 2.33. The summed E-state index contributed by atoms with van der Waals surface area (Å²) in [7, 11) is 0. The summed E-state index contributed by atoms with van der Waals surface area (Å²) in [5, 5.41) is 5.74. The van der Waals surface area contributed by atoms with Gasteiger partial charge in [-0.3, -0.25) is 14.9 Å². The third kappa shape index (κ3) is 8.30. The van der Waals surface area contributed by atoms with E-state index in [9.17, 15) is 22.8 Å². The molecule has 0 aliphatic rings. The van der Waals surface area contributed by atoms with Gasteiger partial charge in [-0.2, -0.15) is 13.2 Å². The predicted molar refractivity (Wildman–Crippen MR) is 182 cm³/mol. The quantitative estimate of drug-likeness (QED) is 0.131. The Morgan fingerprint density at radius 3 is 2.31 bits per heavy atom. The maximum Gasteiger partial charge on any atom is 0.416 e. The Bertz CT molecular complexity index is 1920. The number of benzene rings is 5. The van der Waals surface area contributed by atoms with Crippen molar-refractivity contribution in [1.29, 1.82) is 0 Å². The number of nitrogens with two attached hydrogens (primary N) is 1. The highest BCUT2D eigenvalue weighted by Crippen LogP contribution is 2.39. The Balaban J connectivity index is 1.47. The molecule has 0 bridgehead atoms. The van der Waals surface area contributed by atoms with Crippen molar-refractivity contribution < 1.29 is 27.5 Å². The summed E-state index contributed by atoms with van der Waals surface area (Å²) in [6.07, 6.45) is -4.32. The van der Waals surface area contributed by atoms with Gasteiger partial charge in [0.1, 0.15) is 11.5 Å². The van der Waals surface area contributed by atoms with Gasteiger partial charge in [-0.1, -0.05) is 85.3 Å². The van der Waals surface area contributed by atoms with Crippen molar-refractivity contribution in [3.05, 3.63) is 143 Å². The topological polar surface area (TPSA) is 93.5 Å². The monoisotopic (exact) mass is 671 g/mol. The first-order valence-electron chi connectivity index (χ1n) is 15.3. The second-order valence-corrected chi connectivity index (χ2v) is 11.5. The molecule has 0 saturated carbocycles. The predicted octanol–water partition coefficient (Wildman–Crippen LogP) is 8.77. The Morgan fingerprint density at radius 2 is 1.58 bits per heavy atom. The van der Waals surface area contributed by atoms with Gasteiger partial charge in [0.15, 0.2) is 0 Å². The van der Waals surface area contributed by atoms with E-state index in [1.165, 1.54) is 18.2 Å². The second-order valence-electron chi connectivity index (χ2n) is 11.0. The number of carbonyl (C=O) groups excluding carboxylic acids is 2. The Kier molecular flexibility index (Phi) is 11.0. The van der Waals surface area contributed by atoms with E-state index >= 15 is 0 Å². The number of carbonyl (C=O) groups is 2. The first kappa shape index (κ1) is 34.4. The summed E-state index contributed by atoms with van der Waals surface area (Å²) in [6, 6.07) is 31.4. The van der Waals surface area contributed by atoms with Gasteiger partial charge >= 0.3 is 6.18 Å². The first-order valence-corrected chi connectivity index (χ1v) is 15.6. The van der Waals surface area contributed by atoms with Crippen molar-refractivity contribution in [2.45, 2.75) is 38.7 Å². The van der Waals surface area contributed by atoms with Crippen molar-refractivity contribution in [3.8, 4) is 33.8 Å². The van der Waals surface area contributed by atoms with Crippen LogP contribution in [-0.4, -0.2) is 17.9 Å². The van der Waals surface area contributed by atoms with Crippen LogP contribution in [0, 0.1) is 0 Å². The normalized spacial score (nSPS) is 12.0. The highest BCUT2D eigenvalue weighted by atomic mass is 35.5. The number of nitrogens with one attached hydrogen (secondary N) is 2. The number of rotatable bonds is 11. The molecule has 1 unspecified atom stereocenters. The first-order chi connectivity index (χ1) is 23.1. The third-order valence-electron chi connectivity index (χ3n) is 7.79. The summed E-state index contributed by atoms with van der Waals surface area (Å²) < 4.78 is 46.8. The molecule has 4 N–H and O–H groups in total. The van der Waals surface area contributed by atoms with Crippen molar-refractivity contribution in [2.24, 2.45) is 5.73 Å². The number of hydrogen-bond donors (Lipinski definition) is 3. The summed E-state index contributed by atoms with van der Waals surface area (Å²) in [4.78, 5) is 27.1. The summed E-state index contributed by atoms with van der Waals surface area (Å²) >= 11 is 6.39. The fourth-order valence-electron chi connectivity index (χ4n) is 5.31. The lowest BCUT2D eigenvalue weighted by molar-refractivity contribution is -0.138. The van der Waals surface area contributed by atoms with Crippen molar-refractivity contribution >= 4 is 23.4 Å². The Morgan fingerprint density at radius 1 is 0.833 bits per heavy atom. The molecule has 2 amide bonds. The van der Waals surface area contributed by atoms with Gasteiger partial charge in [0.25, 0.3) is 5.91 Å². The molecule has 1 atom stereocenters. The molecule has 0 heterocycles. The second kappa shape index (κ2) is 15.3. The zero-order valence-corrected chi connectivity index (χ0v) is 26.7. The molecule has 5 aromatic rings. The van der Waals surface area contributed by atoms with Gasteiger partial charge < -0.3 is 15.8 Å². The molecule has 0 radical (unpaired) electrons. The van der Waals surface area contributed by atoms with E-state index in [0.717, 1.165) is 22.8 Å². The molecule has 48 heavy (non-hydrogen) atoms. The van der Waals surface area contributed by atoms with Crippen molar-refractivity contribution in [1.82, 2.24) is 10.6 Å². The van der Waals surface area contributed by atoms with Crippen LogP contribution in [-0.2, 0) is 24.1 Å². The van der Waals surface area contributed by atoms with Crippen LogP contribution in [0.4, 0.5) is 13.2 Å². The number of ether oxygens (including phenoxy) is 1. The molecule has 0 saturated heterocycles. The largest absolute Gasteiger partial charge is 0.457 e. The van der Waals surface area contributed by atoms with E-state index in [4.69, 9.17) is 22.1 Å². The fourth-order valence-corrected chi connectivity index (χ4v) is 5.48. The molecule has 0 spiro atoms. The van der Waals surface area contributed by atoms with Crippen LogP contribution in [0.25, 0.3) is 22.3 Å². The molecule has 0 aliphatic carbocycles. The smallest absolute Gasteiger partial charge is 0.416 e. The summed E-state index contributed by atoms with van der Waals surface area (Å²) in [5.41, 5.74) is 8.82. The lowest BCUT2D eigenvalue weighted by atomic mass is 9.93. The van der Waals surface area contributed by atoms with Crippen LogP contribution < -0.4 is 21.1 Å². The van der Waals surface area contributed by atoms with E-state index in [-0.39, 0.29) is 24.1 Å². The average molecular weight is 672 g/mol. The highest BCUT2D eigenvalue weighted by molar-refractivity contribution is 6.30. The fraction of sp³-hybridized carbons (Fsp3) is 0.158. The standard InChI is InChI=1S/C38H33ClF3N3O3/c1-2-34(44-23-27-12-6-7-14-33(27)38(40,41)42)37(47)45-36(46)31-17-15-26(25-10-4-3-5-11-25)20-32(31)30-18-16-28(39)21-35(30)48-29-13-8-9-24(19-29)22-43/h3-21,34,44H,2,22-23,43H2,1H3,(H,45,46,47). The summed E-state index contributed by atoms with van der Waals surface area (Å²) in [5.74, 6) is -0.461. The minimum absolute atomic E-state index is 0.00590. The minimum atomic E-state index is -4.54. The molecule has 6 nitrogen and oxygen atoms in total. The van der Waals surface area contributed by atoms with E-state index in [0.29, 0.717) is 34.2 Å². The zero-order valence-electron chi connectivity index (χ0n) is 26.0. The number of halogens is 4. The number of hydrogen-bond acceptors (Lipinski definition) is 5. The van der Waals surface area contributed by atoms with E-state index in [2.05, 4.69) is 10.6 Å². The van der Waals surface area contributed by atoms with Crippen LogP contribution in [0.1, 0.15) is 40.4 Å². The number of alkyl halides is 3. The van der Waals surface area contributed by atoms with Crippen LogP contribution in [0.2, 0.25) is 5.02 Å². The molecule has 5 aromatic carbocycles. The van der Waals surface area contributed by atoms with Crippen molar-refractivity contribution in [3.63, 3.8) is 0 Å². The maximum atomic E-state index is 13.8. The van der Waals surface area contributed by atoms with Gasteiger partial charge in [-0.05, 0) is 76.7 Å². The van der Waals surface area contributed by atoms with Crippen LogP contribution in [0.3, 0.4) is 0 Å². The molecular formula is C38H33ClF3N3O3. The Labute approximate surface area is 281 Å². The minimum Gasteiger partial charge on any atom is -0.457 e. The molecule has 0 aromatic heterocycles.